The molecule has 0 aliphatic heterocycles. The minimum Gasteiger partial charge on any atom is -0.497 e. The maximum atomic E-state index is 12.3. The molecule has 8 nitrogen and oxygen atoms in total. The number of halogens is 1. The molecule has 0 bridgehead atoms. The van der Waals surface area contributed by atoms with Gasteiger partial charge in [0.2, 0.25) is 0 Å². The SMILES string of the molecule is COc1ccc(C(=O)N/N=C/c2sc(=O)n(Cc3cccc(C(=O)O)c3)c2Cl)cc1. The molecule has 2 N–H and O–H groups in total. The standard InChI is InChI=1S/C20H16ClN3O5S/c1-29-15-7-5-13(6-8-15)18(25)23-22-10-16-17(21)24(20(28)30-16)11-12-3-2-4-14(9-12)19(26)27/h2-10H,11H2,1H3,(H,23,25)(H,26,27)/b22-10+. The van der Waals surface area contributed by atoms with Crippen LogP contribution < -0.4 is 15.0 Å². The van der Waals surface area contributed by atoms with E-state index in [1.807, 2.05) is 0 Å². The first-order valence-corrected chi connectivity index (χ1v) is 9.77. The molecule has 0 atom stereocenters. The maximum absolute atomic E-state index is 12.3. The summed E-state index contributed by atoms with van der Waals surface area (Å²) in [4.78, 5) is 35.5. The Bertz CT molecular complexity index is 1170. The number of nitrogens with one attached hydrogen (secondary N) is 1. The van der Waals surface area contributed by atoms with Crippen LogP contribution in [0.4, 0.5) is 0 Å². The summed E-state index contributed by atoms with van der Waals surface area (Å²) in [6.07, 6.45) is 1.29. The molecule has 1 aromatic heterocycles. The van der Waals surface area contributed by atoms with Crippen LogP contribution in [0.3, 0.4) is 0 Å². The van der Waals surface area contributed by atoms with E-state index in [-0.39, 0.29) is 22.1 Å². The Balaban J connectivity index is 1.72. The van der Waals surface area contributed by atoms with Crippen LogP contribution in [0.1, 0.15) is 31.2 Å². The summed E-state index contributed by atoms with van der Waals surface area (Å²) in [5.41, 5.74) is 3.50. The summed E-state index contributed by atoms with van der Waals surface area (Å²) in [5, 5.41) is 13.1. The second kappa shape index (κ2) is 9.38. The molecule has 0 saturated heterocycles. The van der Waals surface area contributed by atoms with Crippen molar-refractivity contribution in [2.24, 2.45) is 5.10 Å². The zero-order valence-electron chi connectivity index (χ0n) is 15.7. The summed E-state index contributed by atoms with van der Waals surface area (Å²) in [7, 11) is 1.53. The van der Waals surface area contributed by atoms with Gasteiger partial charge in [0.15, 0.2) is 0 Å². The smallest absolute Gasteiger partial charge is 0.335 e. The second-order valence-electron chi connectivity index (χ2n) is 6.04. The minimum atomic E-state index is -1.05. The number of hydrazone groups is 1. The van der Waals surface area contributed by atoms with Gasteiger partial charge < -0.3 is 9.84 Å². The third-order valence-corrected chi connectivity index (χ3v) is 5.51. The monoisotopic (exact) mass is 445 g/mol. The van der Waals surface area contributed by atoms with Gasteiger partial charge in [0.1, 0.15) is 10.9 Å². The molecule has 0 aliphatic carbocycles. The van der Waals surface area contributed by atoms with Crippen molar-refractivity contribution < 1.29 is 19.4 Å². The largest absolute Gasteiger partial charge is 0.497 e. The molecule has 154 valence electrons. The van der Waals surface area contributed by atoms with E-state index in [0.29, 0.717) is 21.8 Å². The normalized spacial score (nSPS) is 10.9. The molecule has 1 heterocycles. The summed E-state index contributed by atoms with van der Waals surface area (Å²) in [6, 6.07) is 12.7. The van der Waals surface area contributed by atoms with Crippen molar-refractivity contribution in [2.45, 2.75) is 6.54 Å². The molecular formula is C20H16ClN3O5S. The van der Waals surface area contributed by atoms with Crippen LogP contribution in [-0.4, -0.2) is 34.9 Å². The summed E-state index contributed by atoms with van der Waals surface area (Å²) in [6.45, 7) is 0.112. The number of carboxylic acids is 1. The Morgan fingerprint density at radius 1 is 1.23 bits per heavy atom. The fourth-order valence-corrected chi connectivity index (χ4v) is 3.66. The number of carbonyl (C=O) groups excluding carboxylic acids is 1. The van der Waals surface area contributed by atoms with Gasteiger partial charge in [-0.05, 0) is 42.0 Å². The van der Waals surface area contributed by atoms with Gasteiger partial charge in [-0.25, -0.2) is 10.2 Å². The average molecular weight is 446 g/mol. The predicted octanol–water partition coefficient (Wildman–Crippen LogP) is 3.08. The number of carbonyl (C=O) groups is 2. The number of ether oxygens (including phenoxy) is 1. The molecular weight excluding hydrogens is 430 g/mol. The lowest BCUT2D eigenvalue weighted by atomic mass is 10.1. The number of hydrogen-bond donors (Lipinski definition) is 2. The van der Waals surface area contributed by atoms with Crippen molar-refractivity contribution in [1.82, 2.24) is 9.99 Å². The number of thiazole rings is 1. The van der Waals surface area contributed by atoms with Crippen molar-refractivity contribution in [3.8, 4) is 5.75 Å². The van der Waals surface area contributed by atoms with Crippen molar-refractivity contribution in [3.05, 3.63) is 84.9 Å². The number of nitrogens with zero attached hydrogens (tertiary/aromatic N) is 2. The van der Waals surface area contributed by atoms with E-state index in [0.717, 1.165) is 11.3 Å². The molecule has 0 fully saturated rings. The number of rotatable bonds is 7. The number of hydrogen-bond acceptors (Lipinski definition) is 6. The van der Waals surface area contributed by atoms with E-state index in [4.69, 9.17) is 21.4 Å². The van der Waals surface area contributed by atoms with Gasteiger partial charge in [-0.3, -0.25) is 14.2 Å². The third-order valence-electron chi connectivity index (χ3n) is 4.07. The zero-order valence-corrected chi connectivity index (χ0v) is 17.2. The molecule has 30 heavy (non-hydrogen) atoms. The molecule has 1 amide bonds. The van der Waals surface area contributed by atoms with Crippen LogP contribution in [-0.2, 0) is 6.54 Å². The van der Waals surface area contributed by atoms with E-state index in [1.165, 1.54) is 30.0 Å². The van der Waals surface area contributed by atoms with Crippen molar-refractivity contribution in [2.75, 3.05) is 7.11 Å². The van der Waals surface area contributed by atoms with Gasteiger partial charge in [0.05, 0.1) is 30.3 Å². The highest BCUT2D eigenvalue weighted by molar-refractivity contribution is 7.11. The quantitative estimate of drug-likeness (QED) is 0.429. The van der Waals surface area contributed by atoms with Crippen LogP contribution in [0, 0.1) is 0 Å². The summed E-state index contributed by atoms with van der Waals surface area (Å²) < 4.78 is 6.35. The maximum Gasteiger partial charge on any atom is 0.335 e. The number of amides is 1. The van der Waals surface area contributed by atoms with Gasteiger partial charge in [0, 0.05) is 5.56 Å². The van der Waals surface area contributed by atoms with E-state index >= 15 is 0 Å². The van der Waals surface area contributed by atoms with E-state index in [9.17, 15) is 14.4 Å². The average Bonchev–Trinajstić information content (AvgIpc) is 3.01. The Morgan fingerprint density at radius 3 is 2.63 bits per heavy atom. The highest BCUT2D eigenvalue weighted by Crippen LogP contribution is 2.19. The first-order chi connectivity index (χ1) is 14.4. The molecule has 0 spiro atoms. The molecule has 2 aromatic carbocycles. The van der Waals surface area contributed by atoms with Crippen LogP contribution in [0.15, 0.2) is 58.4 Å². The highest BCUT2D eigenvalue weighted by Gasteiger charge is 2.13. The van der Waals surface area contributed by atoms with Gasteiger partial charge in [-0.1, -0.05) is 35.1 Å². The first kappa shape index (κ1) is 21.3. The van der Waals surface area contributed by atoms with E-state index in [1.54, 1.807) is 36.4 Å². The fraction of sp³-hybridized carbons (Fsp3) is 0.100. The molecule has 10 heteroatoms. The molecule has 0 unspecified atom stereocenters. The second-order valence-corrected chi connectivity index (χ2v) is 7.39. The van der Waals surface area contributed by atoms with Crippen molar-refractivity contribution in [1.29, 1.82) is 0 Å². The van der Waals surface area contributed by atoms with Crippen LogP contribution in [0.25, 0.3) is 0 Å². The van der Waals surface area contributed by atoms with Crippen LogP contribution >= 0.6 is 22.9 Å². The van der Waals surface area contributed by atoms with Crippen LogP contribution in [0.5, 0.6) is 5.75 Å². The Morgan fingerprint density at radius 2 is 1.97 bits per heavy atom. The third kappa shape index (κ3) is 4.94. The summed E-state index contributed by atoms with van der Waals surface area (Å²) in [5.74, 6) is -0.856. The predicted molar refractivity (Wildman–Crippen MR) is 114 cm³/mol. The first-order valence-electron chi connectivity index (χ1n) is 8.58. The van der Waals surface area contributed by atoms with Crippen LogP contribution in [0.2, 0.25) is 5.15 Å². The lowest BCUT2D eigenvalue weighted by molar-refractivity contribution is 0.0696. The topological polar surface area (TPSA) is 110 Å². The Labute approximate surface area is 180 Å². The minimum absolute atomic E-state index is 0.112. The number of aromatic nitrogens is 1. The summed E-state index contributed by atoms with van der Waals surface area (Å²) >= 11 is 7.15. The Hall–Kier alpha value is -3.43. The van der Waals surface area contributed by atoms with Crippen molar-refractivity contribution in [3.63, 3.8) is 0 Å². The van der Waals surface area contributed by atoms with E-state index < -0.39 is 11.9 Å². The zero-order chi connectivity index (χ0) is 21.7. The number of aromatic carboxylic acids is 1. The van der Waals surface area contributed by atoms with Crippen molar-refractivity contribution >= 4 is 41.0 Å². The fourth-order valence-electron chi connectivity index (χ4n) is 2.56. The van der Waals surface area contributed by atoms with Gasteiger partial charge in [0.25, 0.3) is 5.91 Å². The molecule has 0 aliphatic rings. The lowest BCUT2D eigenvalue weighted by Gasteiger charge is -2.05. The van der Waals surface area contributed by atoms with Gasteiger partial charge in [-0.15, -0.1) is 0 Å². The highest BCUT2D eigenvalue weighted by atomic mass is 35.5. The van der Waals surface area contributed by atoms with E-state index in [2.05, 4.69) is 10.5 Å². The van der Waals surface area contributed by atoms with Gasteiger partial charge >= 0.3 is 10.8 Å². The molecule has 3 aromatic rings. The molecule has 0 saturated carbocycles. The number of methoxy groups -OCH3 is 1. The number of benzene rings is 2. The Kier molecular flexibility index (Phi) is 6.65. The molecule has 0 radical (unpaired) electrons. The molecule has 3 rings (SSSR count). The number of carboxylic acid groups (broad SMARTS) is 1. The van der Waals surface area contributed by atoms with Gasteiger partial charge in [-0.2, -0.15) is 5.10 Å². The lowest BCUT2D eigenvalue weighted by Crippen LogP contribution is -2.17.